The molecule has 0 saturated heterocycles. The highest BCUT2D eigenvalue weighted by molar-refractivity contribution is 6.02. The average molecular weight is 655 g/mol. The van der Waals surface area contributed by atoms with Crippen molar-refractivity contribution in [2.24, 2.45) is 11.8 Å². The Bertz CT molecular complexity index is 1340. The number of ether oxygens (including phenoxy) is 2. The molecule has 10 nitrogen and oxygen atoms in total. The molecule has 0 radical (unpaired) electrons. The van der Waals surface area contributed by atoms with E-state index in [-0.39, 0.29) is 54.6 Å². The van der Waals surface area contributed by atoms with Crippen LogP contribution in [0.3, 0.4) is 0 Å². The molecule has 3 N–H and O–H groups in total. The Kier molecular flexibility index (Phi) is 13.4. The van der Waals surface area contributed by atoms with Gasteiger partial charge in [-0.2, -0.15) is 0 Å². The van der Waals surface area contributed by atoms with Crippen LogP contribution in [0.25, 0.3) is 0 Å². The number of amides is 4. The third kappa shape index (κ3) is 10.4. The van der Waals surface area contributed by atoms with Gasteiger partial charge in [-0.25, -0.2) is 9.18 Å². The van der Waals surface area contributed by atoms with Gasteiger partial charge in [0.1, 0.15) is 11.6 Å². The van der Waals surface area contributed by atoms with Crippen LogP contribution in [0.4, 0.5) is 20.6 Å². The van der Waals surface area contributed by atoms with E-state index in [4.69, 9.17) is 9.47 Å². The predicted octanol–water partition coefficient (Wildman–Crippen LogP) is 6.30. The molecule has 2 aromatic carbocycles. The topological polar surface area (TPSA) is 120 Å². The van der Waals surface area contributed by atoms with Crippen LogP contribution in [0.5, 0.6) is 5.75 Å². The maximum absolute atomic E-state index is 14.3. The lowest BCUT2D eigenvalue weighted by atomic mass is 9.88. The lowest BCUT2D eigenvalue weighted by molar-refractivity contribution is -0.137. The van der Waals surface area contributed by atoms with Crippen molar-refractivity contribution >= 4 is 29.2 Å². The lowest BCUT2D eigenvalue weighted by Crippen LogP contribution is -2.48. The van der Waals surface area contributed by atoms with Crippen molar-refractivity contribution in [2.75, 3.05) is 44.0 Å². The van der Waals surface area contributed by atoms with Gasteiger partial charge in [-0.1, -0.05) is 26.2 Å². The van der Waals surface area contributed by atoms with Gasteiger partial charge >= 0.3 is 6.03 Å². The summed E-state index contributed by atoms with van der Waals surface area (Å²) in [6, 6.07) is 9.23. The molecular weight excluding hydrogens is 603 g/mol. The van der Waals surface area contributed by atoms with Crippen LogP contribution in [-0.2, 0) is 9.53 Å². The maximum Gasteiger partial charge on any atom is 0.323 e. The number of hydrogen-bond acceptors (Lipinski definition) is 6. The monoisotopic (exact) mass is 654 g/mol. The molecule has 47 heavy (non-hydrogen) atoms. The van der Waals surface area contributed by atoms with Crippen LogP contribution < -0.4 is 15.4 Å². The molecule has 1 saturated carbocycles. The number of carbonyl (C=O) groups excluding carboxylic acids is 3. The standard InChI is InChI=1S/C36H51FN4O6/c1-24-21-41(25(2)23-42)35(44)31-20-30(39-36(45)38-29-15-13-28(37)14-16-29)17-18-32(31)47-26(3)10-8-9-19-46-33(24)22-40(4)34(43)27-11-6-5-7-12-27/h13-18,20,24-27,33,42H,5-12,19,21-23H2,1-4H3,(H2,38,39,45)/t24-,25-,26+,33-/m1/s1. The molecule has 1 heterocycles. The number of nitrogens with one attached hydrogen (secondary N) is 2. The van der Waals surface area contributed by atoms with Crippen LogP contribution in [-0.4, -0.2) is 84.4 Å². The fourth-order valence-electron chi connectivity index (χ4n) is 6.31. The predicted molar refractivity (Wildman–Crippen MR) is 180 cm³/mol. The number of rotatable bonds is 7. The molecule has 0 aromatic heterocycles. The molecule has 258 valence electrons. The quantitative estimate of drug-likeness (QED) is 0.322. The largest absolute Gasteiger partial charge is 0.490 e. The Morgan fingerprint density at radius 3 is 2.36 bits per heavy atom. The van der Waals surface area contributed by atoms with Crippen LogP contribution in [0.15, 0.2) is 42.5 Å². The van der Waals surface area contributed by atoms with E-state index < -0.39 is 17.9 Å². The number of urea groups is 1. The number of aliphatic hydroxyl groups is 1. The molecular formula is C36H51FN4O6. The molecule has 4 atom stereocenters. The number of anilines is 2. The van der Waals surface area contributed by atoms with Crippen molar-refractivity contribution in [1.29, 1.82) is 0 Å². The summed E-state index contributed by atoms with van der Waals surface area (Å²) in [6.45, 7) is 6.71. The van der Waals surface area contributed by atoms with Gasteiger partial charge in [0, 0.05) is 50.0 Å². The van der Waals surface area contributed by atoms with Gasteiger partial charge in [0.15, 0.2) is 0 Å². The van der Waals surface area contributed by atoms with E-state index in [1.165, 1.54) is 30.7 Å². The van der Waals surface area contributed by atoms with Crippen molar-refractivity contribution in [1.82, 2.24) is 9.80 Å². The van der Waals surface area contributed by atoms with Crippen molar-refractivity contribution in [2.45, 2.75) is 90.4 Å². The number of benzene rings is 2. The highest BCUT2D eigenvalue weighted by Gasteiger charge is 2.32. The Morgan fingerprint density at radius 2 is 1.66 bits per heavy atom. The lowest BCUT2D eigenvalue weighted by Gasteiger charge is -2.36. The zero-order chi connectivity index (χ0) is 33.9. The number of aliphatic hydroxyl groups excluding tert-OH is 1. The minimum Gasteiger partial charge on any atom is -0.490 e. The minimum atomic E-state index is -0.555. The average Bonchev–Trinajstić information content (AvgIpc) is 3.07. The van der Waals surface area contributed by atoms with Crippen molar-refractivity contribution in [3.8, 4) is 5.75 Å². The van der Waals surface area contributed by atoms with Gasteiger partial charge < -0.3 is 35.0 Å². The summed E-state index contributed by atoms with van der Waals surface area (Å²) >= 11 is 0. The van der Waals surface area contributed by atoms with Gasteiger partial charge in [0.2, 0.25) is 5.91 Å². The van der Waals surface area contributed by atoms with E-state index in [1.54, 1.807) is 34.9 Å². The summed E-state index contributed by atoms with van der Waals surface area (Å²) in [4.78, 5) is 43.8. The number of likely N-dealkylation sites (N-methyl/N-ethyl adjacent to an activating group) is 1. The molecule has 2 aliphatic rings. The summed E-state index contributed by atoms with van der Waals surface area (Å²) in [5.74, 6) is -0.344. The molecule has 1 fully saturated rings. The smallest absolute Gasteiger partial charge is 0.323 e. The van der Waals surface area contributed by atoms with E-state index in [2.05, 4.69) is 10.6 Å². The normalized spacial score (nSPS) is 22.3. The van der Waals surface area contributed by atoms with Gasteiger partial charge in [-0.05, 0) is 88.4 Å². The highest BCUT2D eigenvalue weighted by atomic mass is 19.1. The SMILES string of the molecule is C[C@@H]1CN([C@H](C)CO)C(=O)c2cc(NC(=O)Nc3ccc(F)cc3)ccc2O[C@@H](C)CCCCO[C@@H]1CN(C)C(=O)C1CCCCC1. The fourth-order valence-corrected chi connectivity index (χ4v) is 6.31. The number of halogens is 1. The number of fused-ring (bicyclic) bond motifs is 1. The third-order valence-corrected chi connectivity index (χ3v) is 9.20. The van der Waals surface area contributed by atoms with E-state index in [1.807, 2.05) is 20.9 Å². The molecule has 0 bridgehead atoms. The second-order valence-corrected chi connectivity index (χ2v) is 13.2. The molecule has 1 aliphatic heterocycles. The molecule has 4 amide bonds. The Morgan fingerprint density at radius 1 is 1.00 bits per heavy atom. The molecule has 1 aliphatic carbocycles. The van der Waals surface area contributed by atoms with Crippen molar-refractivity contribution in [3.63, 3.8) is 0 Å². The number of carbonyl (C=O) groups is 3. The van der Waals surface area contributed by atoms with Crippen LogP contribution in [0.1, 0.15) is 82.5 Å². The molecule has 4 rings (SSSR count). The molecule has 11 heteroatoms. The third-order valence-electron chi connectivity index (χ3n) is 9.20. The minimum absolute atomic E-state index is 0.0496. The fraction of sp³-hybridized carbons (Fsp3) is 0.583. The number of nitrogens with zero attached hydrogens (tertiary/aromatic N) is 2. The summed E-state index contributed by atoms with van der Waals surface area (Å²) in [5.41, 5.74) is 1.03. The summed E-state index contributed by atoms with van der Waals surface area (Å²) in [7, 11) is 1.84. The van der Waals surface area contributed by atoms with E-state index in [0.29, 0.717) is 30.3 Å². The summed E-state index contributed by atoms with van der Waals surface area (Å²) in [6.07, 6.45) is 7.11. The molecule has 0 unspecified atom stereocenters. The molecule has 2 aromatic rings. The molecule has 0 spiro atoms. The zero-order valence-electron chi connectivity index (χ0n) is 28.2. The van der Waals surface area contributed by atoms with E-state index in [0.717, 1.165) is 44.9 Å². The van der Waals surface area contributed by atoms with E-state index >= 15 is 0 Å². The first-order chi connectivity index (χ1) is 22.5. The second-order valence-electron chi connectivity index (χ2n) is 13.2. The van der Waals surface area contributed by atoms with E-state index in [9.17, 15) is 23.9 Å². The number of hydrogen-bond donors (Lipinski definition) is 3. The van der Waals surface area contributed by atoms with Gasteiger partial charge in [0.25, 0.3) is 5.91 Å². The Labute approximate surface area is 278 Å². The zero-order valence-corrected chi connectivity index (χ0v) is 28.2. The Hall–Kier alpha value is -3.70. The highest BCUT2D eigenvalue weighted by Crippen LogP contribution is 2.29. The van der Waals surface area contributed by atoms with Gasteiger partial charge in [-0.15, -0.1) is 0 Å². The first kappa shape index (κ1) is 36.1. The Balaban J connectivity index is 1.58. The van der Waals surface area contributed by atoms with Crippen LogP contribution >= 0.6 is 0 Å². The van der Waals surface area contributed by atoms with Crippen molar-refractivity contribution < 1.29 is 33.4 Å². The summed E-state index contributed by atoms with van der Waals surface area (Å²) in [5, 5.41) is 15.6. The van der Waals surface area contributed by atoms with Crippen LogP contribution in [0.2, 0.25) is 0 Å². The second kappa shape index (κ2) is 17.5. The summed E-state index contributed by atoms with van der Waals surface area (Å²) < 4.78 is 26.0. The van der Waals surface area contributed by atoms with Gasteiger partial charge in [0.05, 0.1) is 30.4 Å². The maximum atomic E-state index is 14.3. The van der Waals surface area contributed by atoms with Gasteiger partial charge in [-0.3, -0.25) is 9.59 Å². The van der Waals surface area contributed by atoms with Crippen LogP contribution in [0, 0.1) is 17.7 Å². The first-order valence-corrected chi connectivity index (χ1v) is 17.0. The van der Waals surface area contributed by atoms with Crippen molar-refractivity contribution in [3.05, 3.63) is 53.8 Å². The first-order valence-electron chi connectivity index (χ1n) is 17.0.